The smallest absolute Gasteiger partial charge is 0.0496 e. The first-order chi connectivity index (χ1) is 15.5. The average Bonchev–Trinajstić information content (AvgIpc) is 2.79. The Balaban J connectivity index is 2.30. The zero-order valence-electron chi connectivity index (χ0n) is 17.8. The van der Waals surface area contributed by atoms with Crippen LogP contribution in [-0.4, -0.2) is 6.21 Å². The summed E-state index contributed by atoms with van der Waals surface area (Å²) in [5.41, 5.74) is 8.34. The lowest BCUT2D eigenvalue weighted by Crippen LogP contribution is -1.98. The van der Waals surface area contributed by atoms with Crippen molar-refractivity contribution in [2.45, 2.75) is 20.3 Å². The van der Waals surface area contributed by atoms with E-state index in [2.05, 4.69) is 76.5 Å². The first-order valence-electron chi connectivity index (χ1n) is 10.2. The van der Waals surface area contributed by atoms with Crippen molar-refractivity contribution in [1.29, 1.82) is 5.41 Å². The summed E-state index contributed by atoms with van der Waals surface area (Å²) in [6.07, 6.45) is 6.85. The molecule has 0 fully saturated rings. The van der Waals surface area contributed by atoms with Gasteiger partial charge in [-0.15, -0.1) is 0 Å². The minimum absolute atomic E-state index is 0.535. The van der Waals surface area contributed by atoms with Crippen LogP contribution in [0.3, 0.4) is 0 Å². The maximum Gasteiger partial charge on any atom is 0.0496 e. The van der Waals surface area contributed by atoms with Gasteiger partial charge in [0.1, 0.15) is 0 Å². The Morgan fingerprint density at radius 3 is 2.34 bits per heavy atom. The molecule has 0 aromatic heterocycles. The molecule has 1 unspecified atom stereocenters. The fourth-order valence-electron chi connectivity index (χ4n) is 3.71. The first kappa shape index (κ1) is 25.0. The van der Waals surface area contributed by atoms with Crippen molar-refractivity contribution < 1.29 is 0 Å². The second-order valence-corrected chi connectivity index (χ2v) is 10.0. The summed E-state index contributed by atoms with van der Waals surface area (Å²) in [5.74, 6) is 0. The van der Waals surface area contributed by atoms with Crippen LogP contribution < -0.4 is 5.09 Å². The minimum Gasteiger partial charge on any atom is -0.358 e. The zero-order chi connectivity index (χ0) is 23.1. The summed E-state index contributed by atoms with van der Waals surface area (Å²) in [5, 5.41) is 12.5. The van der Waals surface area contributed by atoms with Crippen LogP contribution in [0.5, 0.6) is 0 Å². The Morgan fingerprint density at radius 2 is 1.75 bits per heavy atom. The molecule has 6 heteroatoms. The SMILES string of the molecule is C/C=C/c1ccc(/C(=C(/CC)c2ccc(Cl)cc2Cl)c2ccc(NPI)c(C=N)c2)cc1. The molecule has 0 amide bonds. The van der Waals surface area contributed by atoms with E-state index in [1.807, 2.05) is 31.2 Å². The van der Waals surface area contributed by atoms with E-state index >= 15 is 0 Å². The molecule has 0 aliphatic carbocycles. The van der Waals surface area contributed by atoms with Crippen LogP contribution >= 0.6 is 51.6 Å². The van der Waals surface area contributed by atoms with E-state index in [1.165, 1.54) is 6.21 Å². The zero-order valence-corrected chi connectivity index (χ0v) is 22.5. The van der Waals surface area contributed by atoms with Crippen molar-refractivity contribution in [3.8, 4) is 0 Å². The molecule has 0 saturated carbocycles. The third-order valence-electron chi connectivity index (χ3n) is 5.15. The highest BCUT2D eigenvalue weighted by atomic mass is 127. The molecule has 32 heavy (non-hydrogen) atoms. The van der Waals surface area contributed by atoms with Crippen molar-refractivity contribution >= 4 is 80.7 Å². The van der Waals surface area contributed by atoms with Gasteiger partial charge in [-0.2, -0.15) is 0 Å². The van der Waals surface area contributed by atoms with Gasteiger partial charge in [0, 0.05) is 33.9 Å². The third kappa shape index (κ3) is 5.82. The normalized spacial score (nSPS) is 12.4. The van der Waals surface area contributed by atoms with E-state index < -0.39 is 0 Å². The second-order valence-electron chi connectivity index (χ2n) is 7.12. The highest BCUT2D eigenvalue weighted by Crippen LogP contribution is 2.39. The number of halogens is 3. The summed E-state index contributed by atoms with van der Waals surface area (Å²) in [6, 6.07) is 20.4. The van der Waals surface area contributed by atoms with E-state index in [0.717, 1.165) is 51.1 Å². The molecule has 0 bridgehead atoms. The lowest BCUT2D eigenvalue weighted by Gasteiger charge is -2.19. The number of benzene rings is 3. The average molecular weight is 593 g/mol. The van der Waals surface area contributed by atoms with Gasteiger partial charge in [0.15, 0.2) is 0 Å². The van der Waals surface area contributed by atoms with E-state index in [4.69, 9.17) is 28.6 Å². The lowest BCUT2D eigenvalue weighted by atomic mass is 9.87. The van der Waals surface area contributed by atoms with E-state index in [-0.39, 0.29) is 0 Å². The molecular weight excluding hydrogens is 569 g/mol. The highest BCUT2D eigenvalue weighted by molar-refractivity contribution is 14.2. The number of anilines is 1. The number of allylic oxidation sites excluding steroid dienone is 2. The van der Waals surface area contributed by atoms with Crippen LogP contribution in [0.25, 0.3) is 17.2 Å². The van der Waals surface area contributed by atoms with Crippen molar-refractivity contribution in [2.75, 3.05) is 5.09 Å². The van der Waals surface area contributed by atoms with E-state index in [1.54, 1.807) is 6.07 Å². The number of rotatable bonds is 8. The predicted molar refractivity (Wildman–Crippen MR) is 154 cm³/mol. The summed E-state index contributed by atoms with van der Waals surface area (Å²) in [6.45, 7) is 4.15. The van der Waals surface area contributed by atoms with Crippen LogP contribution in [0.1, 0.15) is 48.1 Å². The summed E-state index contributed by atoms with van der Waals surface area (Å²) in [7, 11) is 0. The Bertz CT molecular complexity index is 1170. The number of hydrogen-bond donors (Lipinski definition) is 2. The molecule has 2 N–H and O–H groups in total. The molecular formula is C26H24Cl2IN2P. The minimum atomic E-state index is 0.535. The van der Waals surface area contributed by atoms with Crippen molar-refractivity contribution in [3.63, 3.8) is 0 Å². The van der Waals surface area contributed by atoms with E-state index in [9.17, 15) is 0 Å². The van der Waals surface area contributed by atoms with Crippen molar-refractivity contribution in [3.05, 3.63) is 105 Å². The first-order valence-corrected chi connectivity index (χ1v) is 15.1. The fourth-order valence-corrected chi connectivity index (χ4v) is 5.43. The molecule has 164 valence electrons. The summed E-state index contributed by atoms with van der Waals surface area (Å²) >= 11 is 15.1. The molecule has 0 radical (unpaired) electrons. The molecule has 0 heterocycles. The summed E-state index contributed by atoms with van der Waals surface area (Å²) < 4.78 is 0. The fraction of sp³-hybridized carbons (Fsp3) is 0.115. The topological polar surface area (TPSA) is 35.9 Å². The monoisotopic (exact) mass is 592 g/mol. The van der Waals surface area contributed by atoms with Gasteiger partial charge >= 0.3 is 0 Å². The molecule has 0 spiro atoms. The molecule has 3 aromatic rings. The van der Waals surface area contributed by atoms with Gasteiger partial charge in [0.2, 0.25) is 0 Å². The van der Waals surface area contributed by atoms with E-state index in [0.29, 0.717) is 16.4 Å². The lowest BCUT2D eigenvalue weighted by molar-refractivity contribution is 1.24. The Morgan fingerprint density at radius 1 is 1.03 bits per heavy atom. The number of nitrogens with one attached hydrogen (secondary N) is 2. The van der Waals surface area contributed by atoms with Crippen LogP contribution in [0.4, 0.5) is 5.69 Å². The van der Waals surface area contributed by atoms with Crippen LogP contribution in [0, 0.1) is 5.41 Å². The summed E-state index contributed by atoms with van der Waals surface area (Å²) in [4.78, 5) is 0. The maximum absolute atomic E-state index is 7.93. The van der Waals surface area contributed by atoms with Gasteiger partial charge in [-0.05, 0) is 93.1 Å². The Kier molecular flexibility index (Phi) is 9.36. The molecule has 1 atom stereocenters. The van der Waals surface area contributed by atoms with Gasteiger partial charge in [-0.25, -0.2) is 0 Å². The largest absolute Gasteiger partial charge is 0.358 e. The van der Waals surface area contributed by atoms with Crippen molar-refractivity contribution in [2.24, 2.45) is 0 Å². The Hall–Kier alpha value is -1.65. The molecule has 2 nitrogen and oxygen atoms in total. The number of hydrogen-bond acceptors (Lipinski definition) is 2. The van der Waals surface area contributed by atoms with Crippen LogP contribution in [0.15, 0.2) is 66.7 Å². The van der Waals surface area contributed by atoms with Gasteiger partial charge in [-0.1, -0.05) is 78.7 Å². The Labute approximate surface area is 215 Å². The molecule has 0 aliphatic rings. The van der Waals surface area contributed by atoms with Gasteiger partial charge in [-0.3, -0.25) is 0 Å². The standard InChI is InChI=1S/C26H24Cl2IN2P/c1-3-5-17-6-8-18(9-7-17)26(19-10-13-25(31-32-29)20(14-19)16-30)22(4-2)23-12-11-21(27)15-24(23)28/h3,5-16,30-32H,4H2,1-2H3/b5-3+,26-22+,30-16?. The highest BCUT2D eigenvalue weighted by Gasteiger charge is 2.16. The molecule has 0 aliphatic heterocycles. The molecule has 0 saturated heterocycles. The van der Waals surface area contributed by atoms with Crippen LogP contribution in [0.2, 0.25) is 10.0 Å². The third-order valence-corrected chi connectivity index (χ3v) is 6.87. The van der Waals surface area contributed by atoms with Crippen LogP contribution in [-0.2, 0) is 0 Å². The van der Waals surface area contributed by atoms with Gasteiger partial charge in [0.05, 0.1) is 0 Å². The molecule has 3 aromatic carbocycles. The van der Waals surface area contributed by atoms with Crippen molar-refractivity contribution in [1.82, 2.24) is 0 Å². The maximum atomic E-state index is 7.93. The quantitative estimate of drug-likeness (QED) is 0.116. The van der Waals surface area contributed by atoms with Gasteiger partial charge in [0.25, 0.3) is 0 Å². The predicted octanol–water partition coefficient (Wildman–Crippen LogP) is 9.75. The second kappa shape index (κ2) is 12.0. The van der Waals surface area contributed by atoms with Gasteiger partial charge < -0.3 is 10.5 Å². The molecule has 3 rings (SSSR count).